The first kappa shape index (κ1) is 24.2. The van der Waals surface area contributed by atoms with Crippen LogP contribution in [0.1, 0.15) is 97.2 Å². The van der Waals surface area contributed by atoms with Crippen LogP contribution < -0.4 is 16.0 Å². The topological polar surface area (TPSA) is 101 Å². The van der Waals surface area contributed by atoms with Crippen LogP contribution in [0.3, 0.4) is 0 Å². The van der Waals surface area contributed by atoms with E-state index >= 15 is 0 Å². The quantitative estimate of drug-likeness (QED) is 0.565. The second kappa shape index (κ2) is 11.5. The molecule has 1 aliphatic carbocycles. The Bertz CT molecular complexity index is 1080. The molecule has 2 aliphatic rings. The average Bonchev–Trinajstić information content (AvgIpc) is 3.49. The maximum Gasteiger partial charge on any atom is 0.275 e. The molecular weight excluding hydrogens is 448 g/mol. The fourth-order valence-electron chi connectivity index (χ4n) is 4.41. The molecule has 9 heteroatoms. The normalized spacial score (nSPS) is 21.6. The van der Waals surface area contributed by atoms with E-state index in [1.807, 2.05) is 17.8 Å². The van der Waals surface area contributed by atoms with Crippen LogP contribution in [0.2, 0.25) is 0 Å². The molecule has 2 aromatic heterocycles. The predicted octanol–water partition coefficient (Wildman–Crippen LogP) is 4.91. The molecule has 0 saturated heterocycles. The zero-order chi connectivity index (χ0) is 23.9. The number of anilines is 1. The van der Waals surface area contributed by atoms with Gasteiger partial charge in [0.1, 0.15) is 10.7 Å². The SMILES string of the molecule is CC/C=C1\C=C(/C)NCCCCNC(=O)c2nn(C3CCCCC3)cc2NC(=O)c2csc1n2. The van der Waals surface area contributed by atoms with E-state index in [2.05, 4.69) is 45.1 Å². The van der Waals surface area contributed by atoms with Gasteiger partial charge >= 0.3 is 0 Å². The molecule has 0 spiro atoms. The van der Waals surface area contributed by atoms with Gasteiger partial charge in [-0.2, -0.15) is 5.10 Å². The summed E-state index contributed by atoms with van der Waals surface area (Å²) >= 11 is 1.44. The van der Waals surface area contributed by atoms with Crippen LogP contribution in [0.15, 0.2) is 29.4 Å². The van der Waals surface area contributed by atoms with Crippen molar-refractivity contribution in [1.82, 2.24) is 25.4 Å². The van der Waals surface area contributed by atoms with Crippen LogP contribution in [0.5, 0.6) is 0 Å². The van der Waals surface area contributed by atoms with Crippen LogP contribution in [0, 0.1) is 0 Å². The summed E-state index contributed by atoms with van der Waals surface area (Å²) in [6.45, 7) is 5.50. The summed E-state index contributed by atoms with van der Waals surface area (Å²) in [6, 6.07) is 0.262. The number of carbonyl (C=O) groups excluding carboxylic acids is 2. The van der Waals surface area contributed by atoms with Crippen LogP contribution in [0.25, 0.3) is 5.57 Å². The van der Waals surface area contributed by atoms with Gasteiger partial charge in [-0.3, -0.25) is 14.3 Å². The molecule has 1 saturated carbocycles. The Morgan fingerprint density at radius 3 is 2.62 bits per heavy atom. The second-order valence-electron chi connectivity index (χ2n) is 8.94. The van der Waals surface area contributed by atoms with E-state index in [1.165, 1.54) is 17.8 Å². The van der Waals surface area contributed by atoms with Gasteiger partial charge in [0.2, 0.25) is 0 Å². The first-order valence-corrected chi connectivity index (χ1v) is 13.2. The van der Waals surface area contributed by atoms with E-state index in [9.17, 15) is 9.59 Å². The minimum absolute atomic E-state index is 0.259. The number of carbonyl (C=O) groups is 2. The average molecular weight is 483 g/mol. The number of hydrogen-bond donors (Lipinski definition) is 3. The fraction of sp³-hybridized carbons (Fsp3) is 0.520. The summed E-state index contributed by atoms with van der Waals surface area (Å²) in [5.74, 6) is -0.593. The first-order valence-electron chi connectivity index (χ1n) is 12.3. The van der Waals surface area contributed by atoms with Crippen molar-refractivity contribution in [2.45, 2.75) is 71.3 Å². The number of aromatic nitrogens is 3. The molecule has 2 aromatic rings. The van der Waals surface area contributed by atoms with Gasteiger partial charge in [0.05, 0.1) is 11.7 Å². The number of nitrogens with one attached hydrogen (secondary N) is 3. The smallest absolute Gasteiger partial charge is 0.275 e. The molecule has 8 nitrogen and oxygen atoms in total. The number of hydrogen-bond acceptors (Lipinski definition) is 6. The summed E-state index contributed by atoms with van der Waals surface area (Å²) in [5, 5.41) is 16.5. The van der Waals surface area contributed by atoms with E-state index in [1.54, 1.807) is 5.38 Å². The third-order valence-corrected chi connectivity index (χ3v) is 7.11. The number of nitrogens with zero attached hydrogens (tertiary/aromatic N) is 3. The van der Waals surface area contributed by atoms with Crippen LogP contribution >= 0.6 is 11.3 Å². The molecule has 2 amide bonds. The molecule has 34 heavy (non-hydrogen) atoms. The highest BCUT2D eigenvalue weighted by Crippen LogP contribution is 2.30. The number of thiazole rings is 1. The van der Waals surface area contributed by atoms with Gasteiger partial charge in [0, 0.05) is 35.9 Å². The third-order valence-electron chi connectivity index (χ3n) is 6.22. The van der Waals surface area contributed by atoms with Gasteiger partial charge in [0.25, 0.3) is 11.8 Å². The zero-order valence-corrected chi connectivity index (χ0v) is 20.8. The van der Waals surface area contributed by atoms with Gasteiger partial charge in [-0.1, -0.05) is 32.3 Å². The van der Waals surface area contributed by atoms with Crippen LogP contribution in [0.4, 0.5) is 5.69 Å². The molecule has 4 rings (SSSR count). The molecule has 2 bridgehead atoms. The molecule has 3 N–H and O–H groups in total. The van der Waals surface area contributed by atoms with E-state index < -0.39 is 0 Å². The molecule has 3 heterocycles. The van der Waals surface area contributed by atoms with Crippen molar-refractivity contribution in [2.75, 3.05) is 18.4 Å². The molecule has 0 atom stereocenters. The van der Waals surface area contributed by atoms with E-state index in [4.69, 9.17) is 0 Å². The number of amides is 2. The van der Waals surface area contributed by atoms with E-state index in [0.29, 0.717) is 17.9 Å². The molecule has 0 aromatic carbocycles. The summed E-state index contributed by atoms with van der Waals surface area (Å²) in [6.07, 6.45) is 14.3. The van der Waals surface area contributed by atoms with Gasteiger partial charge in [-0.25, -0.2) is 4.98 Å². The summed E-state index contributed by atoms with van der Waals surface area (Å²) in [7, 11) is 0. The zero-order valence-electron chi connectivity index (χ0n) is 20.0. The van der Waals surface area contributed by atoms with Crippen molar-refractivity contribution >= 4 is 34.4 Å². The van der Waals surface area contributed by atoms with Crippen molar-refractivity contribution in [1.29, 1.82) is 0 Å². The minimum atomic E-state index is -0.335. The first-order chi connectivity index (χ1) is 16.5. The summed E-state index contributed by atoms with van der Waals surface area (Å²) < 4.78 is 1.87. The van der Waals surface area contributed by atoms with Crippen LogP contribution in [-0.2, 0) is 0 Å². The molecule has 1 fully saturated rings. The molecule has 0 radical (unpaired) electrons. The van der Waals surface area contributed by atoms with Crippen molar-refractivity contribution in [3.05, 3.63) is 45.8 Å². The monoisotopic (exact) mass is 482 g/mol. The highest BCUT2D eigenvalue weighted by molar-refractivity contribution is 7.11. The lowest BCUT2D eigenvalue weighted by Gasteiger charge is -2.21. The standard InChI is InChI=1S/C25H34N6O2S/c1-3-9-18-14-17(2)26-12-7-8-13-27-24(33)22-20(28-23(32)21-16-34-25(18)29-21)15-31(30-22)19-10-5-4-6-11-19/h9,14-16,19,26H,3-8,10-13H2,1-2H3,(H,27,33)(H,28,32)/b17-14+,18-9+. The van der Waals surface area contributed by atoms with Crippen molar-refractivity contribution in [3.8, 4) is 0 Å². The Morgan fingerprint density at radius 2 is 1.85 bits per heavy atom. The van der Waals surface area contributed by atoms with E-state index in [0.717, 1.165) is 67.8 Å². The lowest BCUT2D eigenvalue weighted by atomic mass is 9.96. The van der Waals surface area contributed by atoms with Gasteiger partial charge in [-0.05, 0) is 45.1 Å². The number of allylic oxidation sites excluding steroid dienone is 4. The Balaban J connectivity index is 1.65. The molecule has 1 aliphatic heterocycles. The van der Waals surface area contributed by atoms with Crippen molar-refractivity contribution in [3.63, 3.8) is 0 Å². The largest absolute Gasteiger partial charge is 0.389 e. The van der Waals surface area contributed by atoms with Gasteiger partial charge in [0.15, 0.2) is 5.69 Å². The van der Waals surface area contributed by atoms with E-state index in [-0.39, 0.29) is 23.6 Å². The van der Waals surface area contributed by atoms with Gasteiger partial charge < -0.3 is 16.0 Å². The summed E-state index contributed by atoms with van der Waals surface area (Å²) in [4.78, 5) is 30.7. The molecular formula is C25H34N6O2S. The Kier molecular flexibility index (Phi) is 8.16. The Hall–Kier alpha value is -2.94. The van der Waals surface area contributed by atoms with Crippen LogP contribution in [-0.4, -0.2) is 39.7 Å². The molecule has 0 unspecified atom stereocenters. The van der Waals surface area contributed by atoms with Crippen molar-refractivity contribution < 1.29 is 9.59 Å². The molecule has 182 valence electrons. The third kappa shape index (κ3) is 5.94. The van der Waals surface area contributed by atoms with Crippen molar-refractivity contribution in [2.24, 2.45) is 0 Å². The highest BCUT2D eigenvalue weighted by Gasteiger charge is 2.24. The number of fused-ring (bicyclic) bond motifs is 3. The number of rotatable bonds is 2. The lowest BCUT2D eigenvalue weighted by Crippen LogP contribution is -2.27. The lowest BCUT2D eigenvalue weighted by molar-refractivity contribution is 0.0947. The van der Waals surface area contributed by atoms with Gasteiger partial charge in [-0.15, -0.1) is 11.3 Å². The second-order valence-corrected chi connectivity index (χ2v) is 9.80. The minimum Gasteiger partial charge on any atom is -0.389 e. The Morgan fingerprint density at radius 1 is 1.09 bits per heavy atom. The fourth-order valence-corrected chi connectivity index (χ4v) is 5.23. The maximum absolute atomic E-state index is 13.1. The maximum atomic E-state index is 13.1. The highest BCUT2D eigenvalue weighted by atomic mass is 32.1. The summed E-state index contributed by atoms with van der Waals surface area (Å²) in [5.41, 5.74) is 3.09. The predicted molar refractivity (Wildman–Crippen MR) is 136 cm³/mol. The Labute approximate surface area is 204 Å².